The van der Waals surface area contributed by atoms with Crippen molar-refractivity contribution in [3.05, 3.63) is 29.8 Å². The minimum atomic E-state index is -1.24. The SMILES string of the molecule is NC(N)=NCCC[C@H](NC(=O)[C@@H]1CCCN1C(=O)[C@H](CS)NC(=O)[C@H](Cc1ccc(O)cc1)NC(=O)[C@@H](N)CS)C(=O)O. The molecule has 1 saturated heterocycles. The van der Waals surface area contributed by atoms with Crippen LogP contribution >= 0.6 is 25.3 Å². The Morgan fingerprint density at radius 3 is 2.21 bits per heavy atom. The topological polar surface area (TPSA) is 256 Å². The van der Waals surface area contributed by atoms with Gasteiger partial charge in [-0.1, -0.05) is 12.1 Å². The second kappa shape index (κ2) is 17.4. The van der Waals surface area contributed by atoms with Crippen LogP contribution in [0.3, 0.4) is 0 Å². The number of likely N-dealkylation sites (tertiary alicyclic amines) is 1. The Hall–Kier alpha value is -3.70. The number of benzene rings is 1. The lowest BCUT2D eigenvalue weighted by molar-refractivity contribution is -0.144. The fourth-order valence-electron chi connectivity index (χ4n) is 4.43. The zero-order chi connectivity index (χ0) is 32.1. The van der Waals surface area contributed by atoms with E-state index in [1.165, 1.54) is 17.0 Å². The lowest BCUT2D eigenvalue weighted by Gasteiger charge is -2.30. The molecular weight excluding hydrogens is 600 g/mol. The highest BCUT2D eigenvalue weighted by atomic mass is 32.1. The fraction of sp³-hybridized carbons (Fsp3) is 0.538. The van der Waals surface area contributed by atoms with Crippen molar-refractivity contribution in [2.75, 3.05) is 24.6 Å². The number of aliphatic carboxylic acids is 1. The van der Waals surface area contributed by atoms with Gasteiger partial charge in [0, 0.05) is 31.0 Å². The van der Waals surface area contributed by atoms with E-state index in [0.717, 1.165) is 0 Å². The van der Waals surface area contributed by atoms with Crippen molar-refractivity contribution in [2.24, 2.45) is 22.2 Å². The van der Waals surface area contributed by atoms with Crippen molar-refractivity contribution in [3.8, 4) is 5.75 Å². The van der Waals surface area contributed by atoms with Crippen LogP contribution in [0.25, 0.3) is 0 Å². The predicted octanol–water partition coefficient (Wildman–Crippen LogP) is -2.29. The van der Waals surface area contributed by atoms with Crippen LogP contribution in [0.4, 0.5) is 0 Å². The first-order valence-electron chi connectivity index (χ1n) is 13.6. The first-order valence-corrected chi connectivity index (χ1v) is 14.9. The zero-order valence-electron chi connectivity index (χ0n) is 23.5. The van der Waals surface area contributed by atoms with Crippen molar-refractivity contribution in [3.63, 3.8) is 0 Å². The van der Waals surface area contributed by atoms with Gasteiger partial charge in [-0.3, -0.25) is 24.2 Å². The van der Waals surface area contributed by atoms with Crippen molar-refractivity contribution in [1.82, 2.24) is 20.9 Å². The van der Waals surface area contributed by atoms with Crippen LogP contribution in [0.15, 0.2) is 29.3 Å². The van der Waals surface area contributed by atoms with E-state index < -0.39 is 59.8 Å². The van der Waals surface area contributed by atoms with Gasteiger partial charge in [0.25, 0.3) is 0 Å². The molecule has 0 radical (unpaired) electrons. The lowest BCUT2D eigenvalue weighted by atomic mass is 10.0. The van der Waals surface area contributed by atoms with E-state index in [1.54, 1.807) is 12.1 Å². The van der Waals surface area contributed by atoms with Crippen LogP contribution in [-0.4, -0.2) is 105 Å². The summed E-state index contributed by atoms with van der Waals surface area (Å²) < 4.78 is 0. The first-order chi connectivity index (χ1) is 20.4. The monoisotopic (exact) mass is 640 g/mol. The molecule has 11 N–H and O–H groups in total. The molecule has 17 heteroatoms. The number of nitrogens with one attached hydrogen (secondary N) is 3. The van der Waals surface area contributed by atoms with Gasteiger partial charge in [-0.2, -0.15) is 25.3 Å². The number of rotatable bonds is 16. The van der Waals surface area contributed by atoms with Crippen LogP contribution in [0.1, 0.15) is 31.2 Å². The summed E-state index contributed by atoms with van der Waals surface area (Å²) >= 11 is 8.25. The van der Waals surface area contributed by atoms with Gasteiger partial charge in [0.05, 0.1) is 6.04 Å². The molecule has 0 spiro atoms. The number of carbonyl (C=O) groups is 5. The minimum absolute atomic E-state index is 0.0245. The Morgan fingerprint density at radius 2 is 1.63 bits per heavy atom. The molecule has 0 aromatic heterocycles. The van der Waals surface area contributed by atoms with Gasteiger partial charge >= 0.3 is 5.97 Å². The number of guanidine groups is 1. The number of phenols is 1. The second-order valence-electron chi connectivity index (χ2n) is 10.0. The van der Waals surface area contributed by atoms with E-state index in [0.29, 0.717) is 24.8 Å². The van der Waals surface area contributed by atoms with Gasteiger partial charge in [-0.15, -0.1) is 0 Å². The number of aromatic hydroxyl groups is 1. The number of phenolic OH excluding ortho intramolecular Hbond substituents is 1. The smallest absolute Gasteiger partial charge is 0.326 e. The number of nitrogens with two attached hydrogens (primary N) is 3. The number of hydrogen-bond acceptors (Lipinski definition) is 10. The van der Waals surface area contributed by atoms with Crippen molar-refractivity contribution >= 4 is 60.8 Å². The quantitative estimate of drug-likeness (QED) is 0.0400. The molecule has 0 saturated carbocycles. The molecular formula is C26H40N8O7S2. The van der Waals surface area contributed by atoms with E-state index >= 15 is 0 Å². The fourth-order valence-corrected chi connectivity index (χ4v) is 4.84. The Morgan fingerprint density at radius 1 is 0.977 bits per heavy atom. The third-order valence-corrected chi connectivity index (χ3v) is 7.50. The molecule has 0 unspecified atom stereocenters. The highest BCUT2D eigenvalue weighted by molar-refractivity contribution is 7.80. The molecule has 1 aliphatic heterocycles. The van der Waals surface area contributed by atoms with Crippen LogP contribution in [0, 0.1) is 0 Å². The van der Waals surface area contributed by atoms with E-state index in [9.17, 15) is 34.2 Å². The maximum absolute atomic E-state index is 13.5. The number of carbonyl (C=O) groups excluding carboxylic acids is 4. The Bertz CT molecular complexity index is 1170. The van der Waals surface area contributed by atoms with Gasteiger partial charge in [0.1, 0.15) is 29.9 Å². The Balaban J connectivity index is 2.13. The first kappa shape index (κ1) is 35.5. The molecule has 1 aromatic carbocycles. The van der Waals surface area contributed by atoms with Crippen molar-refractivity contribution in [2.45, 2.75) is 62.3 Å². The molecule has 5 atom stereocenters. The predicted molar refractivity (Wildman–Crippen MR) is 166 cm³/mol. The summed E-state index contributed by atoms with van der Waals surface area (Å²) in [5.74, 6) is -3.95. The number of aliphatic imine (C=N–C) groups is 1. The zero-order valence-corrected chi connectivity index (χ0v) is 25.3. The number of carboxylic acid groups (broad SMARTS) is 1. The number of hydrogen-bond donors (Lipinski definition) is 10. The second-order valence-corrected chi connectivity index (χ2v) is 10.7. The molecule has 1 aliphatic rings. The Kier molecular flexibility index (Phi) is 14.4. The third-order valence-electron chi connectivity index (χ3n) is 6.74. The van der Waals surface area contributed by atoms with Crippen LogP contribution in [0.2, 0.25) is 0 Å². The standard InChI is InChI=1S/C26H40N8O7S2/c27-16(12-42)21(36)32-18(11-14-5-7-15(35)8-6-14)22(37)33-19(13-43)24(39)34-10-2-4-20(34)23(38)31-17(25(40)41)3-1-9-30-26(28)29/h5-8,16-20,35,42-43H,1-4,9-13,27H2,(H,31,38)(H,32,36)(H,33,37)(H,40,41)(H4,28,29,30)/t16-,17-,18-,19-,20-/m0/s1. The third kappa shape index (κ3) is 11.1. The number of thiol groups is 2. The summed E-state index contributed by atoms with van der Waals surface area (Å²) in [5.41, 5.74) is 16.9. The summed E-state index contributed by atoms with van der Waals surface area (Å²) in [6.07, 6.45) is 1.18. The molecule has 0 aliphatic carbocycles. The van der Waals surface area contributed by atoms with Crippen molar-refractivity contribution in [1.29, 1.82) is 0 Å². The highest BCUT2D eigenvalue weighted by Gasteiger charge is 2.39. The average molecular weight is 641 g/mol. The van der Waals surface area contributed by atoms with E-state index in [4.69, 9.17) is 17.2 Å². The Labute approximate surface area is 260 Å². The average Bonchev–Trinajstić information content (AvgIpc) is 3.47. The van der Waals surface area contributed by atoms with Gasteiger partial charge < -0.3 is 48.3 Å². The molecule has 43 heavy (non-hydrogen) atoms. The molecule has 2 rings (SSSR count). The lowest BCUT2D eigenvalue weighted by Crippen LogP contribution is -2.59. The maximum atomic E-state index is 13.5. The van der Waals surface area contributed by atoms with E-state index in [2.05, 4.69) is 46.2 Å². The molecule has 1 aromatic rings. The molecule has 1 fully saturated rings. The molecule has 0 bridgehead atoms. The number of amides is 4. The minimum Gasteiger partial charge on any atom is -0.508 e. The highest BCUT2D eigenvalue weighted by Crippen LogP contribution is 2.20. The number of nitrogens with zero attached hydrogens (tertiary/aromatic N) is 2. The van der Waals surface area contributed by atoms with Gasteiger partial charge in [0.2, 0.25) is 23.6 Å². The molecule has 238 valence electrons. The van der Waals surface area contributed by atoms with Gasteiger partial charge in [-0.05, 0) is 43.4 Å². The van der Waals surface area contributed by atoms with Gasteiger partial charge in [0.15, 0.2) is 5.96 Å². The van der Waals surface area contributed by atoms with E-state index in [-0.39, 0.29) is 49.1 Å². The number of carboxylic acids is 1. The summed E-state index contributed by atoms with van der Waals surface area (Å²) in [6.45, 7) is 0.401. The molecule has 1 heterocycles. The summed E-state index contributed by atoms with van der Waals surface area (Å²) in [5, 5.41) is 26.8. The summed E-state index contributed by atoms with van der Waals surface area (Å²) in [4.78, 5) is 69.2. The summed E-state index contributed by atoms with van der Waals surface area (Å²) in [7, 11) is 0. The van der Waals surface area contributed by atoms with E-state index in [1.807, 2.05) is 0 Å². The largest absolute Gasteiger partial charge is 0.508 e. The van der Waals surface area contributed by atoms with Crippen LogP contribution in [-0.2, 0) is 30.4 Å². The normalized spacial score (nSPS) is 17.2. The van der Waals surface area contributed by atoms with Crippen LogP contribution < -0.4 is 33.2 Å². The van der Waals surface area contributed by atoms with Crippen molar-refractivity contribution < 1.29 is 34.2 Å². The molecule has 4 amide bonds. The molecule has 15 nitrogen and oxygen atoms in total. The van der Waals surface area contributed by atoms with Crippen LogP contribution in [0.5, 0.6) is 5.75 Å². The van der Waals surface area contributed by atoms with Gasteiger partial charge in [-0.25, -0.2) is 4.79 Å². The summed E-state index contributed by atoms with van der Waals surface area (Å²) in [6, 6.07) is 0.598. The maximum Gasteiger partial charge on any atom is 0.326 e.